The van der Waals surface area contributed by atoms with Crippen LogP contribution < -0.4 is 20.3 Å². The van der Waals surface area contributed by atoms with Crippen LogP contribution in [-0.2, 0) is 13.0 Å². The molecule has 3 aromatic carbocycles. The first-order valence-corrected chi connectivity index (χ1v) is 18.3. The fourth-order valence-corrected chi connectivity index (χ4v) is 11.7. The highest BCUT2D eigenvalue weighted by Gasteiger charge is 2.40. The van der Waals surface area contributed by atoms with Crippen molar-refractivity contribution in [1.82, 2.24) is 0 Å². The summed E-state index contributed by atoms with van der Waals surface area (Å²) in [5.74, 6) is 1.19. The van der Waals surface area contributed by atoms with Crippen LogP contribution in [0.15, 0.2) is 66.7 Å². The predicted octanol–water partition coefficient (Wildman–Crippen LogP) is 6.29. The Balaban J connectivity index is 1.95. The lowest BCUT2D eigenvalue weighted by atomic mass is 10.1. The topological polar surface area (TPSA) is 9.23 Å². The van der Waals surface area contributed by atoms with Gasteiger partial charge in [0, 0.05) is 0 Å². The van der Waals surface area contributed by atoms with Crippen LogP contribution in [0.3, 0.4) is 0 Å². The molecule has 0 unspecified atom stereocenters. The zero-order valence-corrected chi connectivity index (χ0v) is 23.2. The largest absolute Gasteiger partial charge is 0.489 e. The van der Waals surface area contributed by atoms with E-state index in [-0.39, 0.29) is 0 Å². The van der Waals surface area contributed by atoms with Gasteiger partial charge in [-0.1, -0.05) is 124 Å². The summed E-state index contributed by atoms with van der Waals surface area (Å²) in [4.78, 5) is 0. The Bertz CT molecular complexity index is 1150. The van der Waals surface area contributed by atoms with Crippen LogP contribution in [0.2, 0.25) is 31.7 Å². The molecule has 0 fully saturated rings. The number of fused-ring (bicyclic) bond motifs is 1. The van der Waals surface area contributed by atoms with Crippen LogP contribution in [0.5, 0.6) is 5.75 Å². The summed E-state index contributed by atoms with van der Waals surface area (Å²) in [5, 5.41) is 4.57. The van der Waals surface area contributed by atoms with Crippen molar-refractivity contribution in [3.05, 3.63) is 89.0 Å². The van der Waals surface area contributed by atoms with E-state index in [4.69, 9.17) is 4.74 Å². The smallest absolute Gasteiger partial charge is 0.123 e. The molecule has 3 aromatic rings. The summed E-state index contributed by atoms with van der Waals surface area (Å²) < 4.78 is 6.84. The quantitative estimate of drug-likeness (QED) is 0.351. The van der Waals surface area contributed by atoms with Crippen LogP contribution in [0, 0.1) is 6.92 Å². The van der Waals surface area contributed by atoms with E-state index < -0.39 is 16.1 Å². The molecule has 0 bridgehead atoms. The van der Waals surface area contributed by atoms with Crippen LogP contribution >= 0.6 is 0 Å². The summed E-state index contributed by atoms with van der Waals surface area (Å²) in [7, 11) is -3.65. The molecule has 1 nitrogen and oxygen atoms in total. The van der Waals surface area contributed by atoms with Crippen molar-refractivity contribution < 1.29 is 4.74 Å². The van der Waals surface area contributed by atoms with E-state index in [1.54, 1.807) is 5.19 Å². The van der Waals surface area contributed by atoms with Crippen molar-refractivity contribution >= 4 is 37.8 Å². The summed E-state index contributed by atoms with van der Waals surface area (Å²) in [6.07, 6.45) is 5.76. The second kappa shape index (κ2) is 9.48. The van der Waals surface area contributed by atoms with E-state index in [0.29, 0.717) is 6.61 Å². The highest BCUT2D eigenvalue weighted by atomic mass is 28.3. The van der Waals surface area contributed by atoms with Crippen LogP contribution in [0.1, 0.15) is 36.1 Å². The Morgan fingerprint density at radius 1 is 0.818 bits per heavy atom. The molecule has 1 aliphatic carbocycles. The van der Waals surface area contributed by atoms with Gasteiger partial charge in [-0.05, 0) is 45.6 Å². The van der Waals surface area contributed by atoms with Crippen molar-refractivity contribution in [1.29, 1.82) is 0 Å². The summed E-state index contributed by atoms with van der Waals surface area (Å²) >= 11 is 0. The molecule has 172 valence electrons. The second-order valence-corrected chi connectivity index (χ2v) is 20.2. The Hall–Kier alpha value is -2.37. The summed E-state index contributed by atoms with van der Waals surface area (Å²) in [6, 6.07) is 24.9. The number of hydrogen-bond acceptors (Lipinski definition) is 1. The van der Waals surface area contributed by atoms with E-state index in [9.17, 15) is 0 Å². The first kappa shape index (κ1) is 23.8. The molecule has 3 heteroatoms. The fourth-order valence-electron chi connectivity index (χ4n) is 5.44. The number of benzene rings is 3. The zero-order valence-electron chi connectivity index (χ0n) is 21.2. The lowest BCUT2D eigenvalue weighted by molar-refractivity contribution is 0.311. The van der Waals surface area contributed by atoms with Crippen LogP contribution in [-0.4, -0.2) is 16.1 Å². The van der Waals surface area contributed by atoms with Gasteiger partial charge < -0.3 is 4.74 Å². The van der Waals surface area contributed by atoms with Crippen molar-refractivity contribution in [3.8, 4) is 5.75 Å². The van der Waals surface area contributed by atoms with Crippen molar-refractivity contribution in [2.45, 2.75) is 65.5 Å². The molecule has 0 radical (unpaired) electrons. The van der Waals surface area contributed by atoms with Gasteiger partial charge in [0.25, 0.3) is 0 Å². The van der Waals surface area contributed by atoms with Gasteiger partial charge in [0.05, 0.1) is 8.07 Å². The third-order valence-corrected chi connectivity index (χ3v) is 14.6. The molecule has 0 spiro atoms. The summed E-state index contributed by atoms with van der Waals surface area (Å²) in [6.45, 7) is 15.1. The zero-order chi connectivity index (χ0) is 23.6. The highest BCUT2D eigenvalue weighted by molar-refractivity contribution is 7.03. The van der Waals surface area contributed by atoms with E-state index in [0.717, 1.165) is 6.42 Å². The maximum Gasteiger partial charge on any atom is 0.123 e. The molecule has 0 aliphatic heterocycles. The monoisotopic (exact) mass is 470 g/mol. The van der Waals surface area contributed by atoms with Gasteiger partial charge in [-0.3, -0.25) is 0 Å². The molecule has 0 saturated carbocycles. The maximum absolute atomic E-state index is 6.84. The van der Waals surface area contributed by atoms with E-state index >= 15 is 0 Å². The first-order chi connectivity index (χ1) is 15.8. The van der Waals surface area contributed by atoms with Gasteiger partial charge in [-0.2, -0.15) is 0 Å². The maximum atomic E-state index is 6.84. The van der Waals surface area contributed by atoms with Crippen molar-refractivity contribution in [2.75, 3.05) is 0 Å². The average molecular weight is 471 g/mol. The SMILES string of the molecule is CC[Si](CC)(c1cccc2c1C=CC2)c1cc(C)cc([Si](C)(C)C)c1OCc1ccccc1. The van der Waals surface area contributed by atoms with Gasteiger partial charge >= 0.3 is 0 Å². The fraction of sp³-hybridized carbons (Fsp3) is 0.333. The Morgan fingerprint density at radius 2 is 1.52 bits per heavy atom. The lowest BCUT2D eigenvalue weighted by Gasteiger charge is -2.36. The van der Waals surface area contributed by atoms with Crippen LogP contribution in [0.4, 0.5) is 0 Å². The van der Waals surface area contributed by atoms with Crippen molar-refractivity contribution in [2.24, 2.45) is 0 Å². The minimum atomic E-state index is -2.03. The molecular formula is C30H38OSi2. The van der Waals surface area contributed by atoms with Gasteiger partial charge in [0.15, 0.2) is 0 Å². The predicted molar refractivity (Wildman–Crippen MR) is 150 cm³/mol. The van der Waals surface area contributed by atoms with Gasteiger partial charge in [-0.15, -0.1) is 0 Å². The Labute approximate surface area is 202 Å². The van der Waals surface area contributed by atoms with Gasteiger partial charge in [0.2, 0.25) is 0 Å². The van der Waals surface area contributed by atoms with E-state index in [1.165, 1.54) is 50.5 Å². The highest BCUT2D eigenvalue weighted by Crippen LogP contribution is 2.28. The number of ether oxygens (including phenoxy) is 1. The molecule has 4 rings (SSSR count). The minimum Gasteiger partial charge on any atom is -0.489 e. The lowest BCUT2D eigenvalue weighted by Crippen LogP contribution is -2.60. The number of rotatable bonds is 8. The molecule has 1 aliphatic rings. The molecular weight excluding hydrogens is 433 g/mol. The third-order valence-electron chi connectivity index (χ3n) is 7.32. The molecule has 0 heterocycles. The Kier molecular flexibility index (Phi) is 6.83. The average Bonchev–Trinajstić information content (AvgIpc) is 3.29. The standard InChI is InChI=1S/C30H38OSi2/c1-7-33(8-2,27-19-13-17-25-16-12-18-26(25)27)29-21-23(3)20-28(32(4,5)6)30(29)31-22-24-14-10-9-11-15-24/h9-15,17-21H,7-8,16,22H2,1-6H3. The molecule has 0 amide bonds. The first-order valence-electron chi connectivity index (χ1n) is 12.4. The van der Waals surface area contributed by atoms with Crippen molar-refractivity contribution in [3.63, 3.8) is 0 Å². The van der Waals surface area contributed by atoms with E-state index in [2.05, 4.69) is 113 Å². The number of allylic oxidation sites excluding steroid dienone is 1. The number of aryl methyl sites for hydroxylation is 1. The summed E-state index contributed by atoms with van der Waals surface area (Å²) in [5.41, 5.74) is 5.57. The second-order valence-electron chi connectivity index (χ2n) is 10.5. The minimum absolute atomic E-state index is 0.624. The third kappa shape index (κ3) is 4.54. The van der Waals surface area contributed by atoms with Crippen LogP contribution in [0.25, 0.3) is 6.08 Å². The number of hydrogen-bond donors (Lipinski definition) is 0. The van der Waals surface area contributed by atoms with Gasteiger partial charge in [0.1, 0.15) is 20.4 Å². The van der Waals surface area contributed by atoms with Gasteiger partial charge in [-0.25, -0.2) is 0 Å². The molecule has 0 N–H and O–H groups in total. The Morgan fingerprint density at radius 3 is 2.18 bits per heavy atom. The van der Waals surface area contributed by atoms with E-state index in [1.807, 2.05) is 0 Å². The molecule has 0 aromatic heterocycles. The molecule has 33 heavy (non-hydrogen) atoms. The molecule has 0 atom stereocenters. The molecule has 0 saturated heterocycles. The normalized spacial score (nSPS) is 13.3.